The van der Waals surface area contributed by atoms with E-state index in [1.807, 2.05) is 0 Å². The first-order chi connectivity index (χ1) is 15.7. The van der Waals surface area contributed by atoms with Gasteiger partial charge in [-0.3, -0.25) is 0 Å². The molecule has 0 heterocycles. The number of sulfone groups is 2. The first-order valence-corrected chi connectivity index (χ1v) is 15.1. The third kappa shape index (κ3) is 2.37. The van der Waals surface area contributed by atoms with Crippen LogP contribution < -0.4 is 0 Å². The topological polar surface area (TPSA) is 68.3 Å². The molecule has 0 N–H and O–H groups in total. The number of benzene rings is 2. The van der Waals surface area contributed by atoms with Crippen LogP contribution in [0, 0.1) is 40.9 Å². The molecule has 5 aliphatic carbocycles. The first-order valence-electron chi connectivity index (χ1n) is 12.0. The van der Waals surface area contributed by atoms with Gasteiger partial charge in [0.2, 0.25) is 0 Å². The normalized spacial score (nSPS) is 39.6. The third-order valence-corrected chi connectivity index (χ3v) is 14.5. The van der Waals surface area contributed by atoms with Crippen molar-refractivity contribution in [1.82, 2.24) is 0 Å². The molecule has 3 saturated carbocycles. The molecular formula is C27H28O4S2. The molecule has 2 aromatic rings. The van der Waals surface area contributed by atoms with E-state index in [4.69, 9.17) is 0 Å². The summed E-state index contributed by atoms with van der Waals surface area (Å²) in [6.45, 7) is 4.67. The molecule has 33 heavy (non-hydrogen) atoms. The molecule has 0 unspecified atom stereocenters. The predicted octanol–water partition coefficient (Wildman–Crippen LogP) is 4.54. The van der Waals surface area contributed by atoms with Crippen molar-refractivity contribution >= 4 is 19.7 Å². The second kappa shape index (κ2) is 6.19. The van der Waals surface area contributed by atoms with Gasteiger partial charge in [0.1, 0.15) is 0 Å². The van der Waals surface area contributed by atoms with Crippen LogP contribution in [0.5, 0.6) is 0 Å². The van der Waals surface area contributed by atoms with Crippen LogP contribution >= 0.6 is 0 Å². The quantitative estimate of drug-likeness (QED) is 0.476. The predicted molar refractivity (Wildman–Crippen MR) is 126 cm³/mol. The molecule has 172 valence electrons. The van der Waals surface area contributed by atoms with Crippen molar-refractivity contribution in [3.05, 3.63) is 71.8 Å². The van der Waals surface area contributed by atoms with Gasteiger partial charge >= 0.3 is 0 Å². The molecule has 3 fully saturated rings. The molecule has 6 heteroatoms. The number of allylic oxidation sites excluding steroid dienone is 2. The lowest BCUT2D eigenvalue weighted by molar-refractivity contribution is 0.362. The van der Waals surface area contributed by atoms with Crippen LogP contribution in [0.4, 0.5) is 0 Å². The van der Waals surface area contributed by atoms with Gasteiger partial charge in [-0.25, -0.2) is 16.8 Å². The molecule has 0 aliphatic heterocycles. The van der Waals surface area contributed by atoms with Crippen molar-refractivity contribution in [2.75, 3.05) is 0 Å². The summed E-state index contributed by atoms with van der Waals surface area (Å²) in [6, 6.07) is 16.9. The second-order valence-corrected chi connectivity index (χ2v) is 15.5. The van der Waals surface area contributed by atoms with Crippen molar-refractivity contribution in [2.45, 2.75) is 47.0 Å². The minimum Gasteiger partial charge on any atom is -0.223 e. The molecule has 0 spiro atoms. The zero-order valence-corrected chi connectivity index (χ0v) is 20.4. The molecule has 2 aromatic carbocycles. The fraction of sp³-hybridized carbons (Fsp3) is 0.481. The van der Waals surface area contributed by atoms with Gasteiger partial charge < -0.3 is 0 Å². The highest BCUT2D eigenvalue weighted by molar-refractivity contribution is 7.96. The van der Waals surface area contributed by atoms with Crippen LogP contribution in [-0.2, 0) is 19.7 Å². The molecule has 0 amide bonds. The lowest BCUT2D eigenvalue weighted by Crippen LogP contribution is -2.46. The van der Waals surface area contributed by atoms with Crippen LogP contribution in [0.3, 0.4) is 0 Å². The lowest BCUT2D eigenvalue weighted by Gasteiger charge is -2.35. The zero-order valence-electron chi connectivity index (χ0n) is 18.8. The highest BCUT2D eigenvalue weighted by Crippen LogP contribution is 2.81. The molecule has 4 bridgehead atoms. The van der Waals surface area contributed by atoms with Crippen molar-refractivity contribution in [3.8, 4) is 0 Å². The van der Waals surface area contributed by atoms with E-state index in [-0.39, 0.29) is 21.6 Å². The highest BCUT2D eigenvalue weighted by atomic mass is 32.2. The fourth-order valence-electron chi connectivity index (χ4n) is 8.80. The second-order valence-electron chi connectivity index (χ2n) is 11.3. The number of rotatable bonds is 4. The Labute approximate surface area is 195 Å². The Balaban J connectivity index is 1.41. The minimum absolute atomic E-state index is 0.175. The minimum atomic E-state index is -3.81. The maximum Gasteiger partial charge on any atom is 0.183 e. The van der Waals surface area contributed by atoms with E-state index in [0.29, 0.717) is 35.5 Å². The summed E-state index contributed by atoms with van der Waals surface area (Å²) < 4.78 is 56.2. The van der Waals surface area contributed by atoms with Crippen molar-refractivity contribution in [2.24, 2.45) is 40.9 Å². The Kier molecular flexibility index (Phi) is 3.84. The van der Waals surface area contributed by atoms with Crippen LogP contribution in [0.2, 0.25) is 0 Å². The van der Waals surface area contributed by atoms with Gasteiger partial charge in [-0.05, 0) is 78.0 Å². The average Bonchev–Trinajstić information content (AvgIpc) is 3.36. The average molecular weight is 481 g/mol. The first kappa shape index (κ1) is 20.5. The summed E-state index contributed by atoms with van der Waals surface area (Å²) >= 11 is 0. The maximum atomic E-state index is 14.0. The molecule has 5 aliphatic rings. The molecule has 0 saturated heterocycles. The molecule has 0 aromatic heterocycles. The van der Waals surface area contributed by atoms with Gasteiger partial charge in [0, 0.05) is 0 Å². The van der Waals surface area contributed by atoms with E-state index in [1.54, 1.807) is 60.7 Å². The van der Waals surface area contributed by atoms with E-state index in [2.05, 4.69) is 13.8 Å². The summed E-state index contributed by atoms with van der Waals surface area (Å²) in [5, 5.41) is -1.82. The van der Waals surface area contributed by atoms with Crippen LogP contribution in [0.1, 0.15) is 26.7 Å². The van der Waals surface area contributed by atoms with Crippen LogP contribution in [0.25, 0.3) is 0 Å². The van der Waals surface area contributed by atoms with E-state index < -0.39 is 30.2 Å². The van der Waals surface area contributed by atoms with Gasteiger partial charge in [-0.1, -0.05) is 61.4 Å². The smallest absolute Gasteiger partial charge is 0.183 e. The van der Waals surface area contributed by atoms with Gasteiger partial charge in [-0.15, -0.1) is 0 Å². The van der Waals surface area contributed by atoms with Crippen LogP contribution in [0.15, 0.2) is 81.6 Å². The van der Waals surface area contributed by atoms with Gasteiger partial charge in [0.05, 0.1) is 20.3 Å². The van der Waals surface area contributed by atoms with E-state index in [0.717, 1.165) is 6.42 Å². The lowest BCUT2D eigenvalue weighted by atomic mass is 9.82. The van der Waals surface area contributed by atoms with Crippen molar-refractivity contribution < 1.29 is 16.8 Å². The van der Waals surface area contributed by atoms with Gasteiger partial charge in [0.15, 0.2) is 19.7 Å². The SMILES string of the molecule is CC1(C)[C@H]2[C@H]1[C@H]1C[C@H]2C2=C1[C@H]1C[C@H]2[C@H](S(=O)(=O)c2ccccc2)[C@H]1S(=O)(=O)c1ccccc1. The fourth-order valence-corrected chi connectivity index (χ4v) is 13.8. The Morgan fingerprint density at radius 3 is 1.36 bits per heavy atom. The number of fused-ring (bicyclic) bond motifs is 11. The van der Waals surface area contributed by atoms with Crippen molar-refractivity contribution in [1.29, 1.82) is 0 Å². The van der Waals surface area contributed by atoms with Crippen LogP contribution in [-0.4, -0.2) is 27.3 Å². The van der Waals surface area contributed by atoms with E-state index in [9.17, 15) is 16.8 Å². The van der Waals surface area contributed by atoms with Gasteiger partial charge in [0.25, 0.3) is 0 Å². The maximum absolute atomic E-state index is 14.0. The Hall–Kier alpha value is -1.92. The third-order valence-electron chi connectivity index (χ3n) is 9.79. The molecule has 4 nitrogen and oxygen atoms in total. The summed E-state index contributed by atoms with van der Waals surface area (Å²) in [4.78, 5) is 0.483. The summed E-state index contributed by atoms with van der Waals surface area (Å²) in [6.07, 6.45) is 1.78. The highest BCUT2D eigenvalue weighted by Gasteiger charge is 2.77. The largest absolute Gasteiger partial charge is 0.223 e. The molecule has 8 atom stereocenters. The Bertz CT molecular complexity index is 1300. The summed E-state index contributed by atoms with van der Waals surface area (Å²) in [7, 11) is -7.62. The number of hydrogen-bond donors (Lipinski definition) is 0. The Morgan fingerprint density at radius 1 is 0.606 bits per heavy atom. The molecule has 7 rings (SSSR count). The molecule has 0 radical (unpaired) electrons. The monoisotopic (exact) mass is 480 g/mol. The van der Waals surface area contributed by atoms with E-state index in [1.165, 1.54) is 11.1 Å². The Morgan fingerprint density at radius 2 is 0.970 bits per heavy atom. The van der Waals surface area contributed by atoms with Crippen molar-refractivity contribution in [3.63, 3.8) is 0 Å². The summed E-state index contributed by atoms with van der Waals surface area (Å²) in [5.41, 5.74) is 2.99. The zero-order chi connectivity index (χ0) is 22.9. The standard InChI is InChI=1S/C27H28O4S2/c1-27(2)23-17-13-18(24(23)27)22-20-14-19(21(17)22)25(32(28,29)15-9-5-3-6-10-15)26(20)33(30,31)16-11-7-4-8-12-16/h3-12,17-20,23-26H,13-14H2,1-2H3/t17-,18-,19+,20+,23+,24+,25-,26-/m0/s1. The number of hydrogen-bond acceptors (Lipinski definition) is 4. The van der Waals surface area contributed by atoms with Gasteiger partial charge in [-0.2, -0.15) is 0 Å². The molecular weight excluding hydrogens is 452 g/mol. The van der Waals surface area contributed by atoms with E-state index >= 15 is 0 Å². The summed E-state index contributed by atoms with van der Waals surface area (Å²) in [5.74, 6) is 1.84.